The molecule has 0 aromatic heterocycles. The van der Waals surface area contributed by atoms with Gasteiger partial charge < -0.3 is 5.73 Å². The first kappa shape index (κ1) is 14.2. The molecule has 0 aliphatic carbocycles. The lowest BCUT2D eigenvalue weighted by molar-refractivity contribution is 0.550. The second-order valence-electron chi connectivity index (χ2n) is 4.87. The van der Waals surface area contributed by atoms with Gasteiger partial charge in [0.25, 0.3) is 0 Å². The standard InChI is InChI=1S/C15H24FN/c1-3-4-5-6-7-8-15(17)13-9-12(2)10-14(16)11-13/h9-11,15H,3-8,17H2,1-2H3. The topological polar surface area (TPSA) is 26.0 Å². The molecule has 0 amide bonds. The zero-order valence-corrected chi connectivity index (χ0v) is 11.0. The highest BCUT2D eigenvalue weighted by molar-refractivity contribution is 5.25. The lowest BCUT2D eigenvalue weighted by Gasteiger charge is -2.12. The van der Waals surface area contributed by atoms with Gasteiger partial charge in [-0.05, 0) is 36.6 Å². The van der Waals surface area contributed by atoms with Gasteiger partial charge in [-0.1, -0.05) is 45.1 Å². The third-order valence-corrected chi connectivity index (χ3v) is 3.11. The van der Waals surface area contributed by atoms with Crippen LogP contribution in [0.3, 0.4) is 0 Å². The van der Waals surface area contributed by atoms with Gasteiger partial charge in [-0.25, -0.2) is 4.39 Å². The molecule has 0 aliphatic rings. The van der Waals surface area contributed by atoms with Crippen LogP contribution < -0.4 is 5.73 Å². The minimum absolute atomic E-state index is 0.0222. The second-order valence-corrected chi connectivity index (χ2v) is 4.87. The second kappa shape index (κ2) is 7.44. The van der Waals surface area contributed by atoms with E-state index >= 15 is 0 Å². The Kier molecular flexibility index (Phi) is 6.20. The van der Waals surface area contributed by atoms with Crippen molar-refractivity contribution in [2.24, 2.45) is 5.73 Å². The Morgan fingerprint density at radius 1 is 1.12 bits per heavy atom. The van der Waals surface area contributed by atoms with Crippen molar-refractivity contribution in [3.8, 4) is 0 Å². The lowest BCUT2D eigenvalue weighted by Crippen LogP contribution is -2.10. The summed E-state index contributed by atoms with van der Waals surface area (Å²) in [6.45, 7) is 4.11. The molecule has 1 aromatic carbocycles. The maximum Gasteiger partial charge on any atom is 0.123 e. The molecule has 1 unspecified atom stereocenters. The third kappa shape index (κ3) is 5.31. The minimum Gasteiger partial charge on any atom is -0.324 e. The largest absolute Gasteiger partial charge is 0.324 e. The summed E-state index contributed by atoms with van der Waals surface area (Å²) in [7, 11) is 0. The summed E-state index contributed by atoms with van der Waals surface area (Å²) in [5, 5.41) is 0. The van der Waals surface area contributed by atoms with Crippen LogP contribution in [0.25, 0.3) is 0 Å². The van der Waals surface area contributed by atoms with Gasteiger partial charge in [-0.3, -0.25) is 0 Å². The molecule has 1 nitrogen and oxygen atoms in total. The van der Waals surface area contributed by atoms with Crippen LogP contribution in [0, 0.1) is 12.7 Å². The van der Waals surface area contributed by atoms with Crippen LogP contribution in [0.5, 0.6) is 0 Å². The Bertz CT molecular complexity index is 315. The Morgan fingerprint density at radius 3 is 2.47 bits per heavy atom. The average Bonchev–Trinajstić information content (AvgIpc) is 2.27. The van der Waals surface area contributed by atoms with E-state index in [4.69, 9.17) is 5.73 Å². The normalized spacial score (nSPS) is 12.7. The maximum absolute atomic E-state index is 13.2. The summed E-state index contributed by atoms with van der Waals surface area (Å²) in [6, 6.07) is 5.06. The van der Waals surface area contributed by atoms with E-state index in [0.29, 0.717) is 0 Å². The van der Waals surface area contributed by atoms with E-state index in [0.717, 1.165) is 24.0 Å². The monoisotopic (exact) mass is 237 g/mol. The molecule has 1 rings (SSSR count). The van der Waals surface area contributed by atoms with Gasteiger partial charge in [0.2, 0.25) is 0 Å². The fraction of sp³-hybridized carbons (Fsp3) is 0.600. The fourth-order valence-electron chi connectivity index (χ4n) is 2.11. The van der Waals surface area contributed by atoms with E-state index in [9.17, 15) is 4.39 Å². The number of aryl methyl sites for hydroxylation is 1. The van der Waals surface area contributed by atoms with Crippen molar-refractivity contribution in [2.45, 2.75) is 58.4 Å². The predicted octanol–water partition coefficient (Wildman–Crippen LogP) is 4.49. The van der Waals surface area contributed by atoms with Crippen molar-refractivity contribution in [3.63, 3.8) is 0 Å². The summed E-state index contributed by atoms with van der Waals surface area (Å²) in [4.78, 5) is 0. The van der Waals surface area contributed by atoms with Crippen molar-refractivity contribution >= 4 is 0 Å². The quantitative estimate of drug-likeness (QED) is 0.694. The molecule has 0 fully saturated rings. The van der Waals surface area contributed by atoms with Gasteiger partial charge in [-0.2, -0.15) is 0 Å². The van der Waals surface area contributed by atoms with Crippen LogP contribution in [0.15, 0.2) is 18.2 Å². The number of unbranched alkanes of at least 4 members (excludes halogenated alkanes) is 4. The van der Waals surface area contributed by atoms with E-state index in [-0.39, 0.29) is 11.9 Å². The number of halogens is 1. The summed E-state index contributed by atoms with van der Waals surface area (Å²) in [6.07, 6.45) is 7.16. The molecular formula is C15H24FN. The Balaban J connectivity index is 2.38. The highest BCUT2D eigenvalue weighted by Crippen LogP contribution is 2.20. The molecule has 2 heteroatoms. The van der Waals surface area contributed by atoms with Gasteiger partial charge in [-0.15, -0.1) is 0 Å². The van der Waals surface area contributed by atoms with E-state index in [1.807, 2.05) is 13.0 Å². The molecule has 2 N–H and O–H groups in total. The van der Waals surface area contributed by atoms with E-state index in [2.05, 4.69) is 6.92 Å². The van der Waals surface area contributed by atoms with Crippen molar-refractivity contribution in [1.82, 2.24) is 0 Å². The summed E-state index contributed by atoms with van der Waals surface area (Å²) in [5.74, 6) is -0.179. The number of nitrogens with two attached hydrogens (primary N) is 1. The molecule has 17 heavy (non-hydrogen) atoms. The van der Waals surface area contributed by atoms with Crippen LogP contribution in [-0.2, 0) is 0 Å². The first-order valence-electron chi connectivity index (χ1n) is 6.66. The number of benzene rings is 1. The summed E-state index contributed by atoms with van der Waals surface area (Å²) < 4.78 is 13.2. The molecule has 1 aromatic rings. The van der Waals surface area contributed by atoms with Crippen LogP contribution >= 0.6 is 0 Å². The molecule has 0 spiro atoms. The zero-order valence-electron chi connectivity index (χ0n) is 11.0. The van der Waals surface area contributed by atoms with E-state index in [1.54, 1.807) is 6.07 Å². The molecule has 0 heterocycles. The lowest BCUT2D eigenvalue weighted by atomic mass is 9.99. The van der Waals surface area contributed by atoms with Crippen LogP contribution in [0.2, 0.25) is 0 Å². The first-order valence-corrected chi connectivity index (χ1v) is 6.66. The van der Waals surface area contributed by atoms with Gasteiger partial charge >= 0.3 is 0 Å². The molecule has 0 bridgehead atoms. The zero-order chi connectivity index (χ0) is 12.7. The predicted molar refractivity (Wildman–Crippen MR) is 71.4 cm³/mol. The number of hydrogen-bond donors (Lipinski definition) is 1. The molecular weight excluding hydrogens is 213 g/mol. The van der Waals surface area contributed by atoms with Crippen LogP contribution in [0.4, 0.5) is 4.39 Å². The molecule has 96 valence electrons. The van der Waals surface area contributed by atoms with Gasteiger partial charge in [0, 0.05) is 6.04 Å². The highest BCUT2D eigenvalue weighted by Gasteiger charge is 2.07. The Morgan fingerprint density at radius 2 is 1.82 bits per heavy atom. The SMILES string of the molecule is CCCCCCCC(N)c1cc(C)cc(F)c1. The minimum atomic E-state index is -0.179. The van der Waals surface area contributed by atoms with Crippen molar-refractivity contribution in [2.75, 3.05) is 0 Å². The fourth-order valence-corrected chi connectivity index (χ4v) is 2.11. The van der Waals surface area contributed by atoms with Gasteiger partial charge in [0.05, 0.1) is 0 Å². The van der Waals surface area contributed by atoms with Gasteiger partial charge in [0.15, 0.2) is 0 Å². The smallest absolute Gasteiger partial charge is 0.123 e. The molecule has 0 saturated heterocycles. The summed E-state index contributed by atoms with van der Waals surface area (Å²) in [5.41, 5.74) is 7.96. The first-order chi connectivity index (χ1) is 8.13. The third-order valence-electron chi connectivity index (χ3n) is 3.11. The van der Waals surface area contributed by atoms with Crippen molar-refractivity contribution in [1.29, 1.82) is 0 Å². The Hall–Kier alpha value is -0.890. The molecule has 0 aliphatic heterocycles. The number of hydrogen-bond acceptors (Lipinski definition) is 1. The molecule has 0 saturated carbocycles. The van der Waals surface area contributed by atoms with Crippen LogP contribution in [-0.4, -0.2) is 0 Å². The van der Waals surface area contributed by atoms with Crippen LogP contribution in [0.1, 0.15) is 62.6 Å². The van der Waals surface area contributed by atoms with E-state index < -0.39 is 0 Å². The number of rotatable bonds is 7. The molecule has 1 atom stereocenters. The Labute approximate surface area is 104 Å². The van der Waals surface area contributed by atoms with Crippen molar-refractivity contribution < 1.29 is 4.39 Å². The van der Waals surface area contributed by atoms with Gasteiger partial charge in [0.1, 0.15) is 5.82 Å². The van der Waals surface area contributed by atoms with E-state index in [1.165, 1.54) is 31.7 Å². The summed E-state index contributed by atoms with van der Waals surface area (Å²) >= 11 is 0. The van der Waals surface area contributed by atoms with Crippen molar-refractivity contribution in [3.05, 3.63) is 35.1 Å². The maximum atomic E-state index is 13.2. The average molecular weight is 237 g/mol. The molecule has 0 radical (unpaired) electrons. The highest BCUT2D eigenvalue weighted by atomic mass is 19.1.